The summed E-state index contributed by atoms with van der Waals surface area (Å²) < 4.78 is 0. The van der Waals surface area contributed by atoms with Gasteiger partial charge < -0.3 is 10.2 Å². The average molecular weight is 579 g/mol. The highest BCUT2D eigenvalue weighted by Crippen LogP contribution is 2.41. The number of phenols is 2. The van der Waals surface area contributed by atoms with Crippen LogP contribution in [-0.4, -0.2) is 46.2 Å². The van der Waals surface area contributed by atoms with Crippen LogP contribution in [0.1, 0.15) is 142 Å². The molecule has 0 amide bonds. The van der Waals surface area contributed by atoms with Crippen LogP contribution >= 0.6 is 0 Å². The van der Waals surface area contributed by atoms with Crippen LogP contribution < -0.4 is 0 Å². The van der Waals surface area contributed by atoms with Crippen molar-refractivity contribution in [3.63, 3.8) is 0 Å². The Morgan fingerprint density at radius 1 is 0.548 bits per heavy atom. The molecule has 2 atom stereocenters. The van der Waals surface area contributed by atoms with E-state index < -0.39 is 0 Å². The summed E-state index contributed by atoms with van der Waals surface area (Å²) in [4.78, 5) is 4.94. The van der Waals surface area contributed by atoms with Crippen molar-refractivity contribution in [1.29, 1.82) is 0 Å². The summed E-state index contributed by atoms with van der Waals surface area (Å²) in [5.74, 6) is 0.892. The number of nitrogens with zero attached hydrogens (tertiary/aromatic N) is 2. The van der Waals surface area contributed by atoms with Gasteiger partial charge in [-0.05, 0) is 70.9 Å². The number of phenolic OH excluding ortho intramolecular Hbond substituents is 2. The van der Waals surface area contributed by atoms with Crippen LogP contribution in [0.15, 0.2) is 24.3 Å². The first-order valence-electron chi connectivity index (χ1n) is 16.2. The molecule has 0 heterocycles. The number of likely N-dealkylation sites (N-methyl/N-ethyl adjacent to an activating group) is 2. The number of benzene rings is 2. The highest BCUT2D eigenvalue weighted by molar-refractivity contribution is 5.50. The molecule has 0 bridgehead atoms. The smallest absolute Gasteiger partial charge is 0.123 e. The maximum absolute atomic E-state index is 11.5. The van der Waals surface area contributed by atoms with Crippen molar-refractivity contribution < 1.29 is 10.2 Å². The molecule has 2 N–H and O–H groups in total. The van der Waals surface area contributed by atoms with Gasteiger partial charge in [0, 0.05) is 36.3 Å². The predicted octanol–water partition coefficient (Wildman–Crippen LogP) is 9.16. The van der Waals surface area contributed by atoms with Crippen molar-refractivity contribution in [2.45, 2.75) is 156 Å². The first-order chi connectivity index (χ1) is 19.0. The average Bonchev–Trinajstić information content (AvgIpc) is 2.83. The highest BCUT2D eigenvalue weighted by atomic mass is 16.3. The molecular formula is C38H62N2O2. The van der Waals surface area contributed by atoms with Crippen LogP contribution in [0.5, 0.6) is 11.5 Å². The van der Waals surface area contributed by atoms with Gasteiger partial charge in [0.15, 0.2) is 0 Å². The molecule has 3 rings (SSSR count). The molecule has 236 valence electrons. The van der Waals surface area contributed by atoms with Gasteiger partial charge in [0.2, 0.25) is 0 Å². The largest absolute Gasteiger partial charge is 0.507 e. The van der Waals surface area contributed by atoms with Crippen LogP contribution in [0.2, 0.25) is 0 Å². The number of rotatable bonds is 6. The Bertz CT molecular complexity index is 1140. The van der Waals surface area contributed by atoms with E-state index in [1.54, 1.807) is 0 Å². The fourth-order valence-electron chi connectivity index (χ4n) is 6.53. The molecule has 1 saturated carbocycles. The quantitative estimate of drug-likeness (QED) is 0.359. The van der Waals surface area contributed by atoms with Crippen LogP contribution in [0, 0.1) is 0 Å². The minimum atomic E-state index is -0.137. The van der Waals surface area contributed by atoms with Crippen molar-refractivity contribution in [3.8, 4) is 11.5 Å². The van der Waals surface area contributed by atoms with Crippen LogP contribution in [0.25, 0.3) is 0 Å². The third-order valence-corrected chi connectivity index (χ3v) is 9.39. The molecule has 0 radical (unpaired) electrons. The van der Waals surface area contributed by atoms with Gasteiger partial charge in [-0.1, -0.05) is 120 Å². The van der Waals surface area contributed by atoms with Crippen LogP contribution in [-0.2, 0) is 34.7 Å². The number of hydrogen-bond acceptors (Lipinski definition) is 4. The molecule has 0 aliphatic heterocycles. The zero-order valence-corrected chi connectivity index (χ0v) is 29.5. The van der Waals surface area contributed by atoms with E-state index in [1.807, 2.05) is 0 Å². The second kappa shape index (κ2) is 12.2. The standard InChI is InChI=1S/C38H62N2O2/c1-35(2,3)27-19-25(33(41)29(21-27)37(7,8)9)23-39(13)31-17-15-16-18-32(31)40(14)24-26-20-28(36(4,5)6)22-30(34(26)42)38(10,11)12/h19-22,31-32,41-42H,15-18,23-24H2,1-14H3. The molecule has 2 aromatic carbocycles. The Labute approximate surface area is 258 Å². The Morgan fingerprint density at radius 2 is 0.857 bits per heavy atom. The van der Waals surface area contributed by atoms with Gasteiger partial charge in [-0.25, -0.2) is 0 Å². The van der Waals surface area contributed by atoms with Gasteiger partial charge in [-0.2, -0.15) is 0 Å². The van der Waals surface area contributed by atoms with Gasteiger partial charge in [0.1, 0.15) is 11.5 Å². The first-order valence-corrected chi connectivity index (χ1v) is 16.2. The van der Waals surface area contributed by atoms with E-state index in [0.717, 1.165) is 35.1 Å². The van der Waals surface area contributed by atoms with Gasteiger partial charge in [-0.3, -0.25) is 9.80 Å². The summed E-state index contributed by atoms with van der Waals surface area (Å²) >= 11 is 0. The molecule has 2 aromatic rings. The van der Waals surface area contributed by atoms with Crippen LogP contribution in [0.3, 0.4) is 0 Å². The molecule has 1 aliphatic rings. The SMILES string of the molecule is CN(Cc1cc(C(C)(C)C)cc(C(C)(C)C)c1O)C1CCCCC1N(C)Cc1cc(C(C)(C)C)cc(C(C)(C)C)c1O. The molecular weight excluding hydrogens is 516 g/mol. The fraction of sp³-hybridized carbons (Fsp3) is 0.684. The summed E-state index contributed by atoms with van der Waals surface area (Å²) in [5, 5.41) is 23.0. The minimum absolute atomic E-state index is 0.00408. The Kier molecular flexibility index (Phi) is 9.97. The van der Waals surface area contributed by atoms with Crippen molar-refractivity contribution in [1.82, 2.24) is 9.80 Å². The van der Waals surface area contributed by atoms with E-state index in [2.05, 4.69) is 131 Å². The maximum atomic E-state index is 11.5. The molecule has 0 spiro atoms. The highest BCUT2D eigenvalue weighted by Gasteiger charge is 2.34. The fourth-order valence-corrected chi connectivity index (χ4v) is 6.53. The lowest BCUT2D eigenvalue weighted by Crippen LogP contribution is -2.50. The van der Waals surface area contributed by atoms with E-state index in [-0.39, 0.29) is 21.7 Å². The van der Waals surface area contributed by atoms with E-state index in [4.69, 9.17) is 0 Å². The summed E-state index contributed by atoms with van der Waals surface area (Å²) in [6.45, 7) is 28.0. The van der Waals surface area contributed by atoms with E-state index in [0.29, 0.717) is 36.7 Å². The zero-order chi connectivity index (χ0) is 32.0. The third kappa shape index (κ3) is 7.91. The second-order valence-electron chi connectivity index (χ2n) is 17.3. The lowest BCUT2D eigenvalue weighted by Gasteiger charge is -2.43. The minimum Gasteiger partial charge on any atom is -0.507 e. The van der Waals surface area contributed by atoms with Crippen molar-refractivity contribution in [3.05, 3.63) is 57.6 Å². The third-order valence-electron chi connectivity index (χ3n) is 9.39. The van der Waals surface area contributed by atoms with Gasteiger partial charge >= 0.3 is 0 Å². The number of hydrogen-bond donors (Lipinski definition) is 2. The molecule has 4 nitrogen and oxygen atoms in total. The van der Waals surface area contributed by atoms with Gasteiger partial charge in [0.25, 0.3) is 0 Å². The topological polar surface area (TPSA) is 46.9 Å². The summed E-state index contributed by atoms with van der Waals surface area (Å²) in [6.07, 6.45) is 4.72. The molecule has 4 heteroatoms. The van der Waals surface area contributed by atoms with Crippen molar-refractivity contribution in [2.75, 3.05) is 14.1 Å². The first kappa shape index (κ1) is 34.5. The Hall–Kier alpha value is -2.04. The van der Waals surface area contributed by atoms with Crippen molar-refractivity contribution >= 4 is 0 Å². The monoisotopic (exact) mass is 578 g/mol. The van der Waals surface area contributed by atoms with E-state index in [1.165, 1.54) is 24.0 Å². The Morgan fingerprint density at radius 3 is 1.12 bits per heavy atom. The molecule has 0 saturated heterocycles. The second-order valence-corrected chi connectivity index (χ2v) is 17.3. The molecule has 2 unspecified atom stereocenters. The van der Waals surface area contributed by atoms with E-state index >= 15 is 0 Å². The van der Waals surface area contributed by atoms with E-state index in [9.17, 15) is 10.2 Å². The molecule has 1 fully saturated rings. The summed E-state index contributed by atoms with van der Waals surface area (Å²) in [6, 6.07) is 9.61. The molecule has 0 aromatic heterocycles. The summed E-state index contributed by atoms with van der Waals surface area (Å²) in [5.41, 5.74) is 6.38. The lowest BCUT2D eigenvalue weighted by atomic mass is 9.78. The Balaban J connectivity index is 1.95. The van der Waals surface area contributed by atoms with Crippen molar-refractivity contribution in [2.24, 2.45) is 0 Å². The normalized spacial score (nSPS) is 19.1. The molecule has 1 aliphatic carbocycles. The number of aromatic hydroxyl groups is 2. The predicted molar refractivity (Wildman–Crippen MR) is 180 cm³/mol. The van der Waals surface area contributed by atoms with Gasteiger partial charge in [0.05, 0.1) is 0 Å². The molecule has 42 heavy (non-hydrogen) atoms. The zero-order valence-electron chi connectivity index (χ0n) is 29.5. The summed E-state index contributed by atoms with van der Waals surface area (Å²) in [7, 11) is 4.46. The maximum Gasteiger partial charge on any atom is 0.123 e. The lowest BCUT2D eigenvalue weighted by molar-refractivity contribution is 0.0684. The van der Waals surface area contributed by atoms with Gasteiger partial charge in [-0.15, -0.1) is 0 Å². The van der Waals surface area contributed by atoms with Crippen LogP contribution in [0.4, 0.5) is 0 Å².